The first kappa shape index (κ1) is 19.1. The highest BCUT2D eigenvalue weighted by atomic mass is 16.6. The van der Waals surface area contributed by atoms with Crippen molar-refractivity contribution in [2.45, 2.75) is 19.4 Å². The summed E-state index contributed by atoms with van der Waals surface area (Å²) in [6, 6.07) is 7.46. The van der Waals surface area contributed by atoms with Crippen LogP contribution in [0.3, 0.4) is 0 Å². The fourth-order valence-electron chi connectivity index (χ4n) is 2.50. The maximum Gasteiger partial charge on any atom is 0.410 e. The lowest BCUT2D eigenvalue weighted by molar-refractivity contribution is -0.886. The SMILES string of the molecule is C[N+](C)(C)COc1ccc(COC(=O)N2CCC(C(=O)O)CC2)cc1. The Labute approximate surface area is 148 Å². The van der Waals surface area contributed by atoms with Gasteiger partial charge >= 0.3 is 12.1 Å². The van der Waals surface area contributed by atoms with Gasteiger partial charge in [0.05, 0.1) is 27.1 Å². The fraction of sp³-hybridized carbons (Fsp3) is 0.556. The summed E-state index contributed by atoms with van der Waals surface area (Å²) >= 11 is 0. The minimum Gasteiger partial charge on any atom is -0.481 e. The van der Waals surface area contributed by atoms with Gasteiger partial charge in [-0.3, -0.25) is 9.28 Å². The molecule has 2 rings (SSSR count). The van der Waals surface area contributed by atoms with Crippen LogP contribution in [0.15, 0.2) is 24.3 Å². The number of aliphatic carboxylic acids is 1. The third-order valence-electron chi connectivity index (χ3n) is 4.01. The maximum atomic E-state index is 12.1. The van der Waals surface area contributed by atoms with E-state index in [1.807, 2.05) is 45.4 Å². The Morgan fingerprint density at radius 2 is 1.76 bits per heavy atom. The number of quaternary nitrogens is 1. The van der Waals surface area contributed by atoms with Gasteiger partial charge < -0.3 is 19.5 Å². The molecule has 0 spiro atoms. The predicted octanol–water partition coefficient (Wildman–Crippen LogP) is 2.16. The van der Waals surface area contributed by atoms with Crippen molar-refractivity contribution in [3.8, 4) is 5.75 Å². The molecule has 7 nitrogen and oxygen atoms in total. The molecular formula is C18H27N2O5+. The lowest BCUT2D eigenvalue weighted by atomic mass is 9.97. The van der Waals surface area contributed by atoms with Crippen molar-refractivity contribution in [1.29, 1.82) is 0 Å². The van der Waals surface area contributed by atoms with E-state index in [-0.39, 0.29) is 12.5 Å². The highest BCUT2D eigenvalue weighted by molar-refractivity contribution is 5.71. The van der Waals surface area contributed by atoms with Crippen LogP contribution in [0.2, 0.25) is 0 Å². The van der Waals surface area contributed by atoms with Crippen LogP contribution in [0.4, 0.5) is 4.79 Å². The van der Waals surface area contributed by atoms with Crippen LogP contribution in [0, 0.1) is 5.92 Å². The quantitative estimate of drug-likeness (QED) is 0.628. The number of benzene rings is 1. The molecule has 138 valence electrons. The van der Waals surface area contributed by atoms with Crippen LogP contribution in [0.5, 0.6) is 5.75 Å². The van der Waals surface area contributed by atoms with E-state index in [9.17, 15) is 9.59 Å². The molecule has 1 aliphatic heterocycles. The van der Waals surface area contributed by atoms with Crippen LogP contribution in [-0.4, -0.2) is 67.5 Å². The molecule has 1 N–H and O–H groups in total. The van der Waals surface area contributed by atoms with E-state index in [1.165, 1.54) is 0 Å². The number of hydrogen-bond acceptors (Lipinski definition) is 4. The Hall–Kier alpha value is -2.28. The van der Waals surface area contributed by atoms with Crippen molar-refractivity contribution in [2.75, 3.05) is 41.0 Å². The number of piperidine rings is 1. The second-order valence-electron chi connectivity index (χ2n) is 7.36. The Kier molecular flexibility index (Phi) is 6.25. The zero-order valence-corrected chi connectivity index (χ0v) is 15.1. The molecule has 0 aromatic heterocycles. The van der Waals surface area contributed by atoms with Crippen molar-refractivity contribution in [2.24, 2.45) is 5.92 Å². The average molecular weight is 351 g/mol. The van der Waals surface area contributed by atoms with Crippen molar-refractivity contribution in [3.05, 3.63) is 29.8 Å². The van der Waals surface area contributed by atoms with E-state index in [4.69, 9.17) is 14.6 Å². The lowest BCUT2D eigenvalue weighted by Crippen LogP contribution is -2.40. The summed E-state index contributed by atoms with van der Waals surface area (Å²) in [6.07, 6.45) is 0.556. The maximum absolute atomic E-state index is 12.1. The molecule has 7 heteroatoms. The van der Waals surface area contributed by atoms with E-state index >= 15 is 0 Å². The number of rotatable bonds is 6. The van der Waals surface area contributed by atoms with Gasteiger partial charge in [-0.1, -0.05) is 12.1 Å². The van der Waals surface area contributed by atoms with Gasteiger partial charge in [0.1, 0.15) is 12.4 Å². The topological polar surface area (TPSA) is 76.1 Å². The smallest absolute Gasteiger partial charge is 0.410 e. The molecule has 1 amide bonds. The number of ether oxygens (including phenoxy) is 2. The molecule has 0 bridgehead atoms. The normalized spacial score (nSPS) is 15.7. The van der Waals surface area contributed by atoms with E-state index in [1.54, 1.807) is 4.90 Å². The number of nitrogens with zero attached hydrogens (tertiary/aromatic N) is 2. The first-order valence-electron chi connectivity index (χ1n) is 8.41. The molecule has 1 aromatic rings. The van der Waals surface area contributed by atoms with Crippen LogP contribution >= 0.6 is 0 Å². The molecule has 1 heterocycles. The summed E-state index contributed by atoms with van der Waals surface area (Å²) in [5, 5.41) is 8.97. The first-order chi connectivity index (χ1) is 11.7. The first-order valence-corrected chi connectivity index (χ1v) is 8.41. The van der Waals surface area contributed by atoms with E-state index in [0.29, 0.717) is 37.1 Å². The van der Waals surface area contributed by atoms with Gasteiger partial charge in [0.15, 0.2) is 0 Å². The predicted molar refractivity (Wildman–Crippen MR) is 92.1 cm³/mol. The van der Waals surface area contributed by atoms with Gasteiger partial charge in [0, 0.05) is 13.1 Å². The fourth-order valence-corrected chi connectivity index (χ4v) is 2.50. The lowest BCUT2D eigenvalue weighted by Gasteiger charge is -2.29. The van der Waals surface area contributed by atoms with Crippen LogP contribution in [-0.2, 0) is 16.1 Å². The standard InChI is InChI=1S/C18H26N2O5/c1-20(2,3)13-25-16-6-4-14(5-7-16)12-24-18(23)19-10-8-15(9-11-19)17(21)22/h4-7,15H,8-13H2,1-3H3/p+1. The summed E-state index contributed by atoms with van der Waals surface area (Å²) < 4.78 is 11.7. The number of carbonyl (C=O) groups is 2. The number of carboxylic acid groups (broad SMARTS) is 1. The molecule has 1 fully saturated rings. The number of hydrogen-bond donors (Lipinski definition) is 1. The Balaban J connectivity index is 1.75. The van der Waals surface area contributed by atoms with Gasteiger partial charge in [0.2, 0.25) is 6.73 Å². The van der Waals surface area contributed by atoms with Crippen molar-refractivity contribution in [3.63, 3.8) is 0 Å². The molecular weight excluding hydrogens is 324 g/mol. The minimum atomic E-state index is -0.791. The third kappa shape index (κ3) is 6.26. The van der Waals surface area contributed by atoms with Gasteiger partial charge in [0.25, 0.3) is 0 Å². The largest absolute Gasteiger partial charge is 0.481 e. The van der Waals surface area contributed by atoms with Gasteiger partial charge in [-0.2, -0.15) is 0 Å². The second-order valence-corrected chi connectivity index (χ2v) is 7.36. The third-order valence-corrected chi connectivity index (χ3v) is 4.01. The number of carboxylic acids is 1. The Bertz CT molecular complexity index is 586. The zero-order valence-electron chi connectivity index (χ0n) is 15.1. The van der Waals surface area contributed by atoms with Gasteiger partial charge in [-0.05, 0) is 30.5 Å². The van der Waals surface area contributed by atoms with E-state index in [2.05, 4.69) is 0 Å². The summed E-state index contributed by atoms with van der Waals surface area (Å²) in [4.78, 5) is 24.5. The summed E-state index contributed by atoms with van der Waals surface area (Å²) in [5.74, 6) is -0.372. The molecule has 0 atom stereocenters. The zero-order chi connectivity index (χ0) is 18.4. The van der Waals surface area contributed by atoms with Gasteiger partial charge in [-0.25, -0.2) is 4.79 Å². The summed E-state index contributed by atoms with van der Waals surface area (Å²) in [6.45, 7) is 1.61. The molecule has 0 unspecified atom stereocenters. The molecule has 1 saturated heterocycles. The summed E-state index contributed by atoms with van der Waals surface area (Å²) in [5.41, 5.74) is 0.881. The molecule has 0 saturated carbocycles. The summed E-state index contributed by atoms with van der Waals surface area (Å²) in [7, 11) is 6.15. The highest BCUT2D eigenvalue weighted by Crippen LogP contribution is 2.19. The molecule has 0 radical (unpaired) electrons. The van der Waals surface area contributed by atoms with Crippen LogP contribution in [0.25, 0.3) is 0 Å². The van der Waals surface area contributed by atoms with E-state index < -0.39 is 12.1 Å². The minimum absolute atomic E-state index is 0.188. The highest BCUT2D eigenvalue weighted by Gasteiger charge is 2.27. The second kappa shape index (κ2) is 8.20. The van der Waals surface area contributed by atoms with Crippen LogP contribution in [0.1, 0.15) is 18.4 Å². The molecule has 1 aliphatic rings. The molecule has 1 aromatic carbocycles. The number of carbonyl (C=O) groups excluding carboxylic acids is 1. The molecule has 0 aliphatic carbocycles. The average Bonchev–Trinajstić information content (AvgIpc) is 2.58. The molecule has 25 heavy (non-hydrogen) atoms. The Morgan fingerprint density at radius 3 is 2.28 bits per heavy atom. The Morgan fingerprint density at radius 1 is 1.16 bits per heavy atom. The van der Waals surface area contributed by atoms with Crippen molar-refractivity contribution >= 4 is 12.1 Å². The van der Waals surface area contributed by atoms with Crippen LogP contribution < -0.4 is 4.74 Å². The van der Waals surface area contributed by atoms with Crippen molar-refractivity contribution < 1.29 is 28.7 Å². The number of amides is 1. The van der Waals surface area contributed by atoms with E-state index in [0.717, 1.165) is 11.3 Å². The monoisotopic (exact) mass is 351 g/mol. The number of likely N-dealkylation sites (tertiary alicyclic amines) is 1. The van der Waals surface area contributed by atoms with Crippen molar-refractivity contribution in [1.82, 2.24) is 4.90 Å². The van der Waals surface area contributed by atoms with Gasteiger partial charge in [-0.15, -0.1) is 0 Å².